The summed E-state index contributed by atoms with van der Waals surface area (Å²) in [6.07, 6.45) is 3.44. The lowest BCUT2D eigenvalue weighted by molar-refractivity contribution is 0.260. The Morgan fingerprint density at radius 3 is 3.05 bits per heavy atom. The lowest BCUT2D eigenvalue weighted by atomic mass is 10.1. The molecule has 21 heavy (non-hydrogen) atoms. The summed E-state index contributed by atoms with van der Waals surface area (Å²) < 4.78 is 11.0. The number of aryl methyl sites for hydroxylation is 2. The molecule has 0 amide bonds. The highest BCUT2D eigenvalue weighted by Crippen LogP contribution is 2.33. The first-order valence-corrected chi connectivity index (χ1v) is 7.54. The van der Waals surface area contributed by atoms with E-state index >= 15 is 0 Å². The topological polar surface area (TPSA) is 60.2 Å². The van der Waals surface area contributed by atoms with E-state index in [0.29, 0.717) is 24.4 Å². The molecule has 0 saturated carbocycles. The van der Waals surface area contributed by atoms with Gasteiger partial charge in [-0.05, 0) is 49.1 Å². The smallest absolute Gasteiger partial charge is 0.253 e. The maximum atomic E-state index is 5.73. The number of benzene rings is 1. The molecular weight excluding hydrogens is 266 g/mol. The lowest BCUT2D eigenvalue weighted by Gasteiger charge is -2.13. The van der Waals surface area contributed by atoms with Gasteiger partial charge in [-0.3, -0.25) is 0 Å². The molecule has 1 atom stereocenters. The minimum absolute atomic E-state index is 0.317. The van der Waals surface area contributed by atoms with Crippen molar-refractivity contribution in [3.8, 4) is 5.75 Å². The van der Waals surface area contributed by atoms with Crippen molar-refractivity contribution in [1.29, 1.82) is 0 Å². The van der Waals surface area contributed by atoms with Crippen LogP contribution in [0, 0.1) is 6.92 Å². The first kappa shape index (κ1) is 14.1. The van der Waals surface area contributed by atoms with Gasteiger partial charge in [0.1, 0.15) is 5.75 Å². The number of hydrogen-bond donors (Lipinski definition) is 1. The zero-order valence-corrected chi connectivity index (χ0v) is 12.6. The molecule has 0 saturated heterocycles. The highest BCUT2D eigenvalue weighted by atomic mass is 16.5. The largest absolute Gasteiger partial charge is 0.484 e. The Kier molecular flexibility index (Phi) is 4.20. The highest BCUT2D eigenvalue weighted by Gasteiger charge is 2.22. The Labute approximate surface area is 124 Å². The van der Waals surface area contributed by atoms with Gasteiger partial charge in [0, 0.05) is 13.0 Å². The molecule has 1 aliphatic rings. The van der Waals surface area contributed by atoms with E-state index in [1.54, 1.807) is 6.92 Å². The van der Waals surface area contributed by atoms with Crippen molar-refractivity contribution in [1.82, 2.24) is 15.5 Å². The van der Waals surface area contributed by atoms with Gasteiger partial charge in [-0.25, -0.2) is 0 Å². The first-order chi connectivity index (χ1) is 10.3. The Morgan fingerprint density at radius 1 is 1.38 bits per heavy atom. The SMILES string of the molecule is CCCNC1CCc2cc(OCc3nnc(C)o3)ccc21. The molecule has 1 aliphatic carbocycles. The van der Waals surface area contributed by atoms with E-state index in [1.807, 2.05) is 6.07 Å². The standard InChI is InChI=1S/C16H21N3O2/c1-3-8-17-15-7-4-12-9-13(5-6-14(12)15)20-10-16-19-18-11(2)21-16/h5-6,9,15,17H,3-4,7-8,10H2,1-2H3. The number of fused-ring (bicyclic) bond motifs is 1. The molecular formula is C16H21N3O2. The molecule has 3 rings (SSSR count). The number of nitrogens with zero attached hydrogens (tertiary/aromatic N) is 2. The van der Waals surface area contributed by atoms with Crippen molar-refractivity contribution >= 4 is 0 Å². The molecule has 1 unspecified atom stereocenters. The quantitative estimate of drug-likeness (QED) is 0.885. The van der Waals surface area contributed by atoms with Gasteiger partial charge in [0.05, 0.1) is 0 Å². The molecule has 0 spiro atoms. The van der Waals surface area contributed by atoms with Gasteiger partial charge in [-0.1, -0.05) is 13.0 Å². The maximum absolute atomic E-state index is 5.73. The molecule has 112 valence electrons. The van der Waals surface area contributed by atoms with Crippen LogP contribution in [-0.2, 0) is 13.0 Å². The second kappa shape index (κ2) is 6.26. The average molecular weight is 287 g/mol. The predicted octanol–water partition coefficient (Wildman–Crippen LogP) is 2.94. The minimum Gasteiger partial charge on any atom is -0.484 e. The number of rotatable bonds is 6. The molecule has 0 aliphatic heterocycles. The molecule has 5 nitrogen and oxygen atoms in total. The van der Waals surface area contributed by atoms with E-state index in [2.05, 4.69) is 34.6 Å². The fourth-order valence-corrected chi connectivity index (χ4v) is 2.76. The van der Waals surface area contributed by atoms with Crippen LogP contribution in [0.1, 0.15) is 48.7 Å². The zero-order valence-electron chi connectivity index (χ0n) is 12.6. The Bertz CT molecular complexity index is 609. The van der Waals surface area contributed by atoms with Gasteiger partial charge in [0.15, 0.2) is 6.61 Å². The molecule has 0 fully saturated rings. The van der Waals surface area contributed by atoms with Crippen LogP contribution in [0.5, 0.6) is 5.75 Å². The molecule has 1 aromatic heterocycles. The molecule has 0 bridgehead atoms. The number of ether oxygens (including phenoxy) is 1. The lowest BCUT2D eigenvalue weighted by Crippen LogP contribution is -2.19. The van der Waals surface area contributed by atoms with Crippen molar-refractivity contribution < 1.29 is 9.15 Å². The van der Waals surface area contributed by atoms with Gasteiger partial charge < -0.3 is 14.5 Å². The van der Waals surface area contributed by atoms with Crippen LogP contribution in [0.4, 0.5) is 0 Å². The summed E-state index contributed by atoms with van der Waals surface area (Å²) in [4.78, 5) is 0. The van der Waals surface area contributed by atoms with Crippen molar-refractivity contribution in [2.45, 2.75) is 45.8 Å². The van der Waals surface area contributed by atoms with Crippen LogP contribution in [0.2, 0.25) is 0 Å². The van der Waals surface area contributed by atoms with Gasteiger partial charge in [0.25, 0.3) is 5.89 Å². The van der Waals surface area contributed by atoms with E-state index in [9.17, 15) is 0 Å². The van der Waals surface area contributed by atoms with E-state index in [0.717, 1.165) is 25.1 Å². The van der Waals surface area contributed by atoms with E-state index in [-0.39, 0.29) is 0 Å². The third-order valence-corrected chi connectivity index (χ3v) is 3.76. The van der Waals surface area contributed by atoms with Crippen LogP contribution in [0.3, 0.4) is 0 Å². The summed E-state index contributed by atoms with van der Waals surface area (Å²) in [7, 11) is 0. The fraction of sp³-hybridized carbons (Fsp3) is 0.500. The highest BCUT2D eigenvalue weighted by molar-refractivity contribution is 5.40. The van der Waals surface area contributed by atoms with Gasteiger partial charge in [-0.2, -0.15) is 0 Å². The summed E-state index contributed by atoms with van der Waals surface area (Å²) in [5.41, 5.74) is 2.78. The van der Waals surface area contributed by atoms with Crippen LogP contribution < -0.4 is 10.1 Å². The normalized spacial score (nSPS) is 17.0. The summed E-state index contributed by atoms with van der Waals surface area (Å²) >= 11 is 0. The molecule has 1 heterocycles. The predicted molar refractivity (Wildman–Crippen MR) is 79.2 cm³/mol. The van der Waals surface area contributed by atoms with Crippen LogP contribution in [0.15, 0.2) is 22.6 Å². The zero-order chi connectivity index (χ0) is 14.7. The summed E-state index contributed by atoms with van der Waals surface area (Å²) in [6, 6.07) is 6.82. The van der Waals surface area contributed by atoms with Gasteiger partial charge in [-0.15, -0.1) is 10.2 Å². The second-order valence-electron chi connectivity index (χ2n) is 5.41. The molecule has 1 N–H and O–H groups in total. The third-order valence-electron chi connectivity index (χ3n) is 3.76. The third kappa shape index (κ3) is 3.24. The fourth-order valence-electron chi connectivity index (χ4n) is 2.76. The summed E-state index contributed by atoms with van der Waals surface area (Å²) in [5, 5.41) is 11.3. The van der Waals surface area contributed by atoms with Gasteiger partial charge in [0.2, 0.25) is 5.89 Å². The Hall–Kier alpha value is -1.88. The molecule has 5 heteroatoms. The summed E-state index contributed by atoms with van der Waals surface area (Å²) in [6.45, 7) is 5.35. The van der Waals surface area contributed by atoms with E-state index < -0.39 is 0 Å². The minimum atomic E-state index is 0.317. The maximum Gasteiger partial charge on any atom is 0.253 e. The first-order valence-electron chi connectivity index (χ1n) is 7.54. The number of aromatic nitrogens is 2. The Balaban J connectivity index is 1.64. The molecule has 1 aromatic carbocycles. The number of nitrogens with one attached hydrogen (secondary N) is 1. The number of hydrogen-bond acceptors (Lipinski definition) is 5. The summed E-state index contributed by atoms with van der Waals surface area (Å²) in [5.74, 6) is 1.93. The van der Waals surface area contributed by atoms with E-state index in [1.165, 1.54) is 17.5 Å². The average Bonchev–Trinajstić information content (AvgIpc) is 3.09. The van der Waals surface area contributed by atoms with Crippen LogP contribution in [-0.4, -0.2) is 16.7 Å². The molecule has 0 radical (unpaired) electrons. The monoisotopic (exact) mass is 287 g/mol. The van der Waals surface area contributed by atoms with Crippen molar-refractivity contribution in [2.75, 3.05) is 6.54 Å². The second-order valence-corrected chi connectivity index (χ2v) is 5.41. The van der Waals surface area contributed by atoms with Crippen molar-refractivity contribution in [3.05, 3.63) is 41.1 Å². The van der Waals surface area contributed by atoms with E-state index in [4.69, 9.17) is 9.15 Å². The Morgan fingerprint density at radius 2 is 2.29 bits per heavy atom. The van der Waals surface area contributed by atoms with Crippen molar-refractivity contribution in [2.24, 2.45) is 0 Å². The van der Waals surface area contributed by atoms with Crippen molar-refractivity contribution in [3.63, 3.8) is 0 Å². The van der Waals surface area contributed by atoms with Crippen LogP contribution in [0.25, 0.3) is 0 Å². The van der Waals surface area contributed by atoms with Crippen LogP contribution >= 0.6 is 0 Å². The van der Waals surface area contributed by atoms with Gasteiger partial charge >= 0.3 is 0 Å². The molecule has 2 aromatic rings.